The summed E-state index contributed by atoms with van der Waals surface area (Å²) in [5.41, 5.74) is 6.92. The molecule has 1 aliphatic heterocycles. The van der Waals surface area contributed by atoms with E-state index in [1.54, 1.807) is 35.6 Å². The van der Waals surface area contributed by atoms with Crippen LogP contribution >= 0.6 is 11.3 Å². The first-order valence-corrected chi connectivity index (χ1v) is 8.86. The van der Waals surface area contributed by atoms with Crippen LogP contribution in [0.2, 0.25) is 0 Å². The largest absolute Gasteiger partial charge is 0.484 e. The predicted molar refractivity (Wildman–Crippen MR) is 93.2 cm³/mol. The van der Waals surface area contributed by atoms with Crippen molar-refractivity contribution < 1.29 is 14.3 Å². The molecule has 126 valence electrons. The molecule has 2 aromatic rings. The standard InChI is InChI=1S/C18H20N2O3S/c1-2-15-14-7-9-24-16(14)6-8-20(15)18(22)12-4-3-5-13(10-12)23-11-17(19)21/h3-5,7,9-10,15H,2,6,8,11H2,1H3,(H2,19,21)/t15-/m1/s1. The van der Waals surface area contributed by atoms with Gasteiger partial charge in [-0.3, -0.25) is 9.59 Å². The summed E-state index contributed by atoms with van der Waals surface area (Å²) < 4.78 is 5.30. The SMILES string of the molecule is CC[C@@H]1c2ccsc2CCN1C(=O)c1cccc(OCC(N)=O)c1. The number of hydrogen-bond acceptors (Lipinski definition) is 4. The predicted octanol–water partition coefficient (Wildman–Crippen LogP) is 2.76. The van der Waals surface area contributed by atoms with Crippen molar-refractivity contribution in [3.8, 4) is 5.75 Å². The van der Waals surface area contributed by atoms with Crippen molar-refractivity contribution in [3.63, 3.8) is 0 Å². The van der Waals surface area contributed by atoms with E-state index >= 15 is 0 Å². The zero-order valence-corrected chi connectivity index (χ0v) is 14.3. The van der Waals surface area contributed by atoms with Crippen LogP contribution in [0.15, 0.2) is 35.7 Å². The van der Waals surface area contributed by atoms with Crippen LogP contribution in [0.3, 0.4) is 0 Å². The molecule has 3 rings (SSSR count). The Morgan fingerprint density at radius 1 is 1.38 bits per heavy atom. The van der Waals surface area contributed by atoms with E-state index in [1.165, 1.54) is 10.4 Å². The number of primary amides is 1. The maximum atomic E-state index is 13.0. The van der Waals surface area contributed by atoms with Gasteiger partial charge in [0, 0.05) is 17.0 Å². The lowest BCUT2D eigenvalue weighted by molar-refractivity contribution is -0.119. The Hall–Kier alpha value is -2.34. The molecule has 1 aromatic carbocycles. The molecule has 6 heteroatoms. The number of fused-ring (bicyclic) bond motifs is 1. The third-order valence-corrected chi connectivity index (χ3v) is 5.20. The highest BCUT2D eigenvalue weighted by Gasteiger charge is 2.30. The first kappa shape index (κ1) is 16.5. The second-order valence-corrected chi connectivity index (χ2v) is 6.76. The van der Waals surface area contributed by atoms with Crippen molar-refractivity contribution in [2.75, 3.05) is 13.2 Å². The van der Waals surface area contributed by atoms with Gasteiger partial charge in [-0.2, -0.15) is 0 Å². The average Bonchev–Trinajstić information content (AvgIpc) is 3.07. The number of amides is 2. The van der Waals surface area contributed by atoms with E-state index in [0.29, 0.717) is 11.3 Å². The van der Waals surface area contributed by atoms with Crippen molar-refractivity contribution in [3.05, 3.63) is 51.7 Å². The molecule has 5 nitrogen and oxygen atoms in total. The van der Waals surface area contributed by atoms with Crippen molar-refractivity contribution in [1.29, 1.82) is 0 Å². The Balaban J connectivity index is 1.81. The van der Waals surface area contributed by atoms with Crippen LogP contribution in [0, 0.1) is 0 Å². The van der Waals surface area contributed by atoms with Crippen LogP contribution in [0.25, 0.3) is 0 Å². The third-order valence-electron chi connectivity index (χ3n) is 4.20. The first-order chi connectivity index (χ1) is 11.6. The molecule has 24 heavy (non-hydrogen) atoms. The van der Waals surface area contributed by atoms with E-state index in [4.69, 9.17) is 10.5 Å². The highest BCUT2D eigenvalue weighted by Crippen LogP contribution is 2.36. The number of rotatable bonds is 5. The van der Waals surface area contributed by atoms with Gasteiger partial charge in [-0.1, -0.05) is 13.0 Å². The molecule has 0 saturated heterocycles. The van der Waals surface area contributed by atoms with Crippen LogP contribution < -0.4 is 10.5 Å². The summed E-state index contributed by atoms with van der Waals surface area (Å²) in [4.78, 5) is 27.1. The Labute approximate surface area is 145 Å². The molecule has 2 heterocycles. The molecule has 2 N–H and O–H groups in total. The molecule has 1 atom stereocenters. The molecule has 0 saturated carbocycles. The van der Waals surface area contributed by atoms with Gasteiger partial charge in [-0.05, 0) is 48.1 Å². The summed E-state index contributed by atoms with van der Waals surface area (Å²) in [5.74, 6) is -0.0806. The molecule has 0 unspecified atom stereocenters. The van der Waals surface area contributed by atoms with E-state index < -0.39 is 5.91 Å². The van der Waals surface area contributed by atoms with E-state index in [1.807, 2.05) is 4.90 Å². The van der Waals surface area contributed by atoms with Crippen LogP contribution in [0.1, 0.15) is 40.2 Å². The third kappa shape index (κ3) is 3.28. The molecule has 1 aliphatic rings. The van der Waals surface area contributed by atoms with Gasteiger partial charge in [0.05, 0.1) is 6.04 Å². The summed E-state index contributed by atoms with van der Waals surface area (Å²) in [5, 5.41) is 2.10. The normalized spacial score (nSPS) is 16.5. The molecular formula is C18H20N2O3S. The number of ether oxygens (including phenoxy) is 1. The van der Waals surface area contributed by atoms with Crippen molar-refractivity contribution in [1.82, 2.24) is 4.90 Å². The molecule has 0 bridgehead atoms. The van der Waals surface area contributed by atoms with Gasteiger partial charge < -0.3 is 15.4 Å². The van der Waals surface area contributed by atoms with Gasteiger partial charge in [-0.25, -0.2) is 0 Å². The molecule has 0 radical (unpaired) electrons. The Bertz CT molecular complexity index is 756. The van der Waals surface area contributed by atoms with Crippen molar-refractivity contribution in [2.45, 2.75) is 25.8 Å². The summed E-state index contributed by atoms with van der Waals surface area (Å²) in [6, 6.07) is 9.15. The zero-order chi connectivity index (χ0) is 17.1. The topological polar surface area (TPSA) is 72.6 Å². The van der Waals surface area contributed by atoms with Crippen LogP contribution in [0.5, 0.6) is 5.75 Å². The van der Waals surface area contributed by atoms with Crippen molar-refractivity contribution >= 4 is 23.2 Å². The molecule has 0 spiro atoms. The first-order valence-electron chi connectivity index (χ1n) is 7.98. The van der Waals surface area contributed by atoms with Gasteiger partial charge in [0.15, 0.2) is 6.61 Å². The molecular weight excluding hydrogens is 324 g/mol. The number of carbonyl (C=O) groups excluding carboxylic acids is 2. The molecule has 0 fully saturated rings. The van der Waals surface area contributed by atoms with Crippen LogP contribution in [-0.4, -0.2) is 29.9 Å². The number of nitrogens with two attached hydrogens (primary N) is 1. The van der Waals surface area contributed by atoms with Gasteiger partial charge in [-0.15, -0.1) is 11.3 Å². The fourth-order valence-corrected chi connectivity index (χ4v) is 4.05. The average molecular weight is 344 g/mol. The maximum absolute atomic E-state index is 13.0. The van der Waals surface area contributed by atoms with Gasteiger partial charge in [0.25, 0.3) is 11.8 Å². The monoisotopic (exact) mass is 344 g/mol. The highest BCUT2D eigenvalue weighted by atomic mass is 32.1. The molecule has 2 amide bonds. The number of benzene rings is 1. The number of thiophene rings is 1. The van der Waals surface area contributed by atoms with Crippen LogP contribution in [-0.2, 0) is 11.2 Å². The minimum atomic E-state index is -0.543. The van der Waals surface area contributed by atoms with E-state index in [9.17, 15) is 9.59 Å². The van der Waals surface area contributed by atoms with Crippen molar-refractivity contribution in [2.24, 2.45) is 5.73 Å². The Morgan fingerprint density at radius 3 is 2.96 bits per heavy atom. The van der Waals surface area contributed by atoms with E-state index in [2.05, 4.69) is 18.4 Å². The fourth-order valence-electron chi connectivity index (χ4n) is 3.12. The number of carbonyl (C=O) groups is 2. The summed E-state index contributed by atoms with van der Waals surface area (Å²) >= 11 is 1.76. The Kier molecular flexibility index (Phi) is 4.85. The smallest absolute Gasteiger partial charge is 0.255 e. The Morgan fingerprint density at radius 2 is 2.21 bits per heavy atom. The van der Waals surface area contributed by atoms with Gasteiger partial charge in [0.1, 0.15) is 5.75 Å². The lowest BCUT2D eigenvalue weighted by Crippen LogP contribution is -2.39. The minimum absolute atomic E-state index is 0.0109. The maximum Gasteiger partial charge on any atom is 0.255 e. The van der Waals surface area contributed by atoms with Crippen LogP contribution in [0.4, 0.5) is 0 Å². The second kappa shape index (κ2) is 7.05. The summed E-state index contributed by atoms with van der Waals surface area (Å²) in [7, 11) is 0. The lowest BCUT2D eigenvalue weighted by Gasteiger charge is -2.35. The quantitative estimate of drug-likeness (QED) is 0.906. The number of hydrogen-bond donors (Lipinski definition) is 1. The second-order valence-electron chi connectivity index (χ2n) is 5.75. The summed E-state index contributed by atoms with van der Waals surface area (Å²) in [6.45, 7) is 2.62. The minimum Gasteiger partial charge on any atom is -0.484 e. The molecule has 1 aromatic heterocycles. The van der Waals surface area contributed by atoms with Gasteiger partial charge in [0.2, 0.25) is 0 Å². The highest BCUT2D eigenvalue weighted by molar-refractivity contribution is 7.10. The number of nitrogens with zero attached hydrogens (tertiary/aromatic N) is 1. The molecule has 0 aliphatic carbocycles. The lowest BCUT2D eigenvalue weighted by atomic mass is 9.97. The van der Waals surface area contributed by atoms with E-state index in [-0.39, 0.29) is 18.6 Å². The zero-order valence-electron chi connectivity index (χ0n) is 13.5. The van der Waals surface area contributed by atoms with Gasteiger partial charge >= 0.3 is 0 Å². The fraction of sp³-hybridized carbons (Fsp3) is 0.333. The summed E-state index contributed by atoms with van der Waals surface area (Å²) in [6.07, 6.45) is 1.78. The van der Waals surface area contributed by atoms with E-state index in [0.717, 1.165) is 19.4 Å².